The Labute approximate surface area is 144 Å². The molecule has 2 rings (SSSR count). The highest BCUT2D eigenvalue weighted by atomic mass is 32.2. The number of morpholine rings is 1. The number of carbonyl (C=O) groups excluding carboxylic acids is 1. The van der Waals surface area contributed by atoms with Gasteiger partial charge >= 0.3 is 0 Å². The third-order valence-electron chi connectivity index (χ3n) is 4.33. The molecular weight excluding hydrogens is 328 g/mol. The zero-order chi connectivity index (χ0) is 17.9. The molecular formula is C17H26N2O4S. The minimum atomic E-state index is -3.76. The van der Waals surface area contributed by atoms with Crippen LogP contribution in [0.4, 0.5) is 0 Å². The Morgan fingerprint density at radius 1 is 1.17 bits per heavy atom. The summed E-state index contributed by atoms with van der Waals surface area (Å²) in [4.78, 5) is 14.6. The molecule has 1 amide bonds. The first kappa shape index (κ1) is 18.9. The SMILES string of the molecule is Cc1ccc(S(=O)(=O)N[C@@H](C(=O)N2CCOCC2)C(C)C)cc1C. The first-order valence-electron chi connectivity index (χ1n) is 8.18. The van der Waals surface area contributed by atoms with E-state index in [1.165, 1.54) is 0 Å². The van der Waals surface area contributed by atoms with E-state index < -0.39 is 16.1 Å². The maximum Gasteiger partial charge on any atom is 0.241 e. The van der Waals surface area contributed by atoms with Crippen LogP contribution >= 0.6 is 0 Å². The molecule has 6 nitrogen and oxygen atoms in total. The monoisotopic (exact) mass is 354 g/mol. The Hall–Kier alpha value is -1.44. The number of benzene rings is 1. The quantitative estimate of drug-likeness (QED) is 0.869. The lowest BCUT2D eigenvalue weighted by molar-refractivity contribution is -0.138. The van der Waals surface area contributed by atoms with E-state index in [2.05, 4.69) is 4.72 Å². The summed E-state index contributed by atoms with van der Waals surface area (Å²) < 4.78 is 33.2. The molecule has 0 aromatic heterocycles. The average molecular weight is 354 g/mol. The van der Waals surface area contributed by atoms with Gasteiger partial charge in [0.25, 0.3) is 0 Å². The number of hydrogen-bond donors (Lipinski definition) is 1. The number of nitrogens with one attached hydrogen (secondary N) is 1. The number of ether oxygens (including phenoxy) is 1. The van der Waals surface area contributed by atoms with Gasteiger partial charge in [-0.05, 0) is 43.0 Å². The van der Waals surface area contributed by atoms with Crippen molar-refractivity contribution in [2.75, 3.05) is 26.3 Å². The fraction of sp³-hybridized carbons (Fsp3) is 0.588. The third kappa shape index (κ3) is 4.34. The lowest BCUT2D eigenvalue weighted by Crippen LogP contribution is -2.53. The molecule has 1 N–H and O–H groups in total. The number of hydrogen-bond acceptors (Lipinski definition) is 4. The van der Waals surface area contributed by atoms with E-state index in [0.29, 0.717) is 26.3 Å². The van der Waals surface area contributed by atoms with Crippen molar-refractivity contribution in [3.8, 4) is 0 Å². The normalized spacial score (nSPS) is 17.1. The number of rotatable bonds is 5. The largest absolute Gasteiger partial charge is 0.378 e. The maximum atomic E-state index is 12.7. The highest BCUT2D eigenvalue weighted by Gasteiger charge is 2.32. The molecule has 1 fully saturated rings. The molecule has 1 aliphatic rings. The van der Waals surface area contributed by atoms with E-state index in [0.717, 1.165) is 11.1 Å². The van der Waals surface area contributed by atoms with Crippen LogP contribution in [0.3, 0.4) is 0 Å². The number of amides is 1. The van der Waals surface area contributed by atoms with Gasteiger partial charge in [0.15, 0.2) is 0 Å². The average Bonchev–Trinajstić information content (AvgIpc) is 2.55. The van der Waals surface area contributed by atoms with Gasteiger partial charge < -0.3 is 9.64 Å². The van der Waals surface area contributed by atoms with Crippen LogP contribution in [0.5, 0.6) is 0 Å². The second-order valence-corrected chi connectivity index (χ2v) is 8.24. The van der Waals surface area contributed by atoms with Crippen molar-refractivity contribution in [2.45, 2.75) is 38.6 Å². The van der Waals surface area contributed by atoms with Gasteiger partial charge in [0.05, 0.1) is 18.1 Å². The Balaban J connectivity index is 2.22. The molecule has 134 valence electrons. The number of carbonyl (C=O) groups is 1. The Morgan fingerprint density at radius 2 is 1.79 bits per heavy atom. The molecule has 0 unspecified atom stereocenters. The molecule has 1 aromatic carbocycles. The zero-order valence-electron chi connectivity index (χ0n) is 14.7. The van der Waals surface area contributed by atoms with Crippen molar-refractivity contribution in [1.82, 2.24) is 9.62 Å². The predicted octanol–water partition coefficient (Wildman–Crippen LogP) is 1.47. The van der Waals surface area contributed by atoms with Crippen molar-refractivity contribution >= 4 is 15.9 Å². The van der Waals surface area contributed by atoms with Crippen LogP contribution in [0.2, 0.25) is 0 Å². The lowest BCUT2D eigenvalue weighted by Gasteiger charge is -2.32. The molecule has 24 heavy (non-hydrogen) atoms. The minimum Gasteiger partial charge on any atom is -0.378 e. The summed E-state index contributed by atoms with van der Waals surface area (Å²) >= 11 is 0. The molecule has 1 saturated heterocycles. The molecule has 0 bridgehead atoms. The number of nitrogens with zero attached hydrogens (tertiary/aromatic N) is 1. The smallest absolute Gasteiger partial charge is 0.241 e. The van der Waals surface area contributed by atoms with Crippen LogP contribution in [0, 0.1) is 19.8 Å². The first-order chi connectivity index (χ1) is 11.2. The summed E-state index contributed by atoms with van der Waals surface area (Å²) in [5, 5.41) is 0. The van der Waals surface area contributed by atoms with E-state index >= 15 is 0 Å². The van der Waals surface area contributed by atoms with Crippen LogP contribution in [-0.4, -0.2) is 51.6 Å². The second-order valence-electron chi connectivity index (χ2n) is 6.53. The third-order valence-corrected chi connectivity index (χ3v) is 5.77. The van der Waals surface area contributed by atoms with E-state index in [4.69, 9.17) is 4.74 Å². The molecule has 1 atom stereocenters. The topological polar surface area (TPSA) is 75.7 Å². The van der Waals surface area contributed by atoms with Crippen LogP contribution in [0.1, 0.15) is 25.0 Å². The fourth-order valence-electron chi connectivity index (χ4n) is 2.57. The fourth-order valence-corrected chi connectivity index (χ4v) is 3.99. The molecule has 0 radical (unpaired) electrons. The summed E-state index contributed by atoms with van der Waals surface area (Å²) in [6.07, 6.45) is 0. The Bertz CT molecular complexity index is 695. The van der Waals surface area contributed by atoms with Crippen LogP contribution in [0.15, 0.2) is 23.1 Å². The number of sulfonamides is 1. The molecule has 0 saturated carbocycles. The van der Waals surface area contributed by atoms with E-state index in [-0.39, 0.29) is 16.7 Å². The van der Waals surface area contributed by atoms with E-state index in [1.807, 2.05) is 27.7 Å². The maximum absolute atomic E-state index is 12.7. The van der Waals surface area contributed by atoms with Crippen LogP contribution in [-0.2, 0) is 19.6 Å². The van der Waals surface area contributed by atoms with Gasteiger partial charge in [0.1, 0.15) is 6.04 Å². The first-order valence-corrected chi connectivity index (χ1v) is 9.67. The van der Waals surface area contributed by atoms with Crippen molar-refractivity contribution < 1.29 is 17.9 Å². The van der Waals surface area contributed by atoms with E-state index in [1.54, 1.807) is 23.1 Å². The highest BCUT2D eigenvalue weighted by molar-refractivity contribution is 7.89. The van der Waals surface area contributed by atoms with Crippen LogP contribution < -0.4 is 4.72 Å². The summed E-state index contributed by atoms with van der Waals surface area (Å²) in [5.41, 5.74) is 1.93. The molecule has 1 aromatic rings. The van der Waals surface area contributed by atoms with Crippen molar-refractivity contribution in [3.05, 3.63) is 29.3 Å². The standard InChI is InChI=1S/C17H26N2O4S/c1-12(2)16(17(20)19-7-9-23-10-8-19)18-24(21,22)15-6-5-13(3)14(4)11-15/h5-6,11-12,16,18H,7-10H2,1-4H3/t16-/m1/s1. The molecule has 0 aliphatic carbocycles. The predicted molar refractivity (Wildman–Crippen MR) is 92.3 cm³/mol. The highest BCUT2D eigenvalue weighted by Crippen LogP contribution is 2.17. The van der Waals surface area contributed by atoms with Gasteiger partial charge in [-0.3, -0.25) is 4.79 Å². The summed E-state index contributed by atoms with van der Waals surface area (Å²) in [5.74, 6) is -0.345. The van der Waals surface area contributed by atoms with Crippen LogP contribution in [0.25, 0.3) is 0 Å². The van der Waals surface area contributed by atoms with Gasteiger partial charge in [0, 0.05) is 13.1 Å². The molecule has 0 spiro atoms. The van der Waals surface area contributed by atoms with Crippen molar-refractivity contribution in [3.63, 3.8) is 0 Å². The van der Waals surface area contributed by atoms with Gasteiger partial charge in [-0.1, -0.05) is 19.9 Å². The molecule has 1 heterocycles. The van der Waals surface area contributed by atoms with Crippen molar-refractivity contribution in [1.29, 1.82) is 0 Å². The van der Waals surface area contributed by atoms with Gasteiger partial charge in [0.2, 0.25) is 15.9 Å². The minimum absolute atomic E-state index is 0.151. The zero-order valence-corrected chi connectivity index (χ0v) is 15.5. The second kappa shape index (κ2) is 7.63. The van der Waals surface area contributed by atoms with Gasteiger partial charge in [-0.2, -0.15) is 4.72 Å². The Morgan fingerprint density at radius 3 is 2.33 bits per heavy atom. The Kier molecular flexibility index (Phi) is 6.01. The van der Waals surface area contributed by atoms with Gasteiger partial charge in [-0.15, -0.1) is 0 Å². The summed E-state index contributed by atoms with van der Waals surface area (Å²) in [6.45, 7) is 9.44. The van der Waals surface area contributed by atoms with Crippen molar-refractivity contribution in [2.24, 2.45) is 5.92 Å². The molecule has 7 heteroatoms. The summed E-state index contributed by atoms with van der Waals surface area (Å²) in [6, 6.07) is 4.20. The van der Waals surface area contributed by atoms with Gasteiger partial charge in [-0.25, -0.2) is 8.42 Å². The summed E-state index contributed by atoms with van der Waals surface area (Å²) in [7, 11) is -3.76. The lowest BCUT2D eigenvalue weighted by atomic mass is 10.0. The number of aryl methyl sites for hydroxylation is 2. The van der Waals surface area contributed by atoms with E-state index in [9.17, 15) is 13.2 Å². The molecule has 1 aliphatic heterocycles.